The van der Waals surface area contributed by atoms with Gasteiger partial charge in [-0.1, -0.05) is 17.7 Å². The lowest BCUT2D eigenvalue weighted by Crippen LogP contribution is -2.49. The highest BCUT2D eigenvalue weighted by atomic mass is 35.5. The van der Waals surface area contributed by atoms with E-state index in [-0.39, 0.29) is 11.5 Å². The monoisotopic (exact) mass is 269 g/mol. The molecule has 0 saturated carbocycles. The van der Waals surface area contributed by atoms with Crippen molar-refractivity contribution in [2.24, 2.45) is 5.73 Å². The Morgan fingerprint density at radius 2 is 2.22 bits per heavy atom. The molecule has 1 aliphatic heterocycles. The maximum atomic E-state index is 6.23. The van der Waals surface area contributed by atoms with Gasteiger partial charge in [0, 0.05) is 11.5 Å². The molecular weight excluding hydrogens is 250 g/mol. The first-order valence-electron chi connectivity index (χ1n) is 6.33. The van der Waals surface area contributed by atoms with Crippen LogP contribution in [0.3, 0.4) is 0 Å². The second-order valence-corrected chi connectivity index (χ2v) is 5.44. The number of hydrogen-bond acceptors (Lipinski definition) is 3. The van der Waals surface area contributed by atoms with Crippen molar-refractivity contribution in [2.75, 3.05) is 19.8 Å². The Morgan fingerprint density at radius 1 is 1.50 bits per heavy atom. The molecule has 1 atom stereocenters. The Balaban J connectivity index is 2.24. The highest BCUT2D eigenvalue weighted by Gasteiger charge is 2.41. The van der Waals surface area contributed by atoms with Gasteiger partial charge in [-0.05, 0) is 38.0 Å². The summed E-state index contributed by atoms with van der Waals surface area (Å²) in [6.07, 6.45) is 0.914. The molecule has 1 saturated heterocycles. The fourth-order valence-electron chi connectivity index (χ4n) is 2.47. The summed E-state index contributed by atoms with van der Waals surface area (Å²) in [6, 6.07) is 6.14. The lowest BCUT2D eigenvalue weighted by Gasteiger charge is -2.43. The van der Waals surface area contributed by atoms with E-state index in [9.17, 15) is 0 Å². The molecule has 18 heavy (non-hydrogen) atoms. The third-order valence-corrected chi connectivity index (χ3v) is 3.61. The molecule has 3 nitrogen and oxygen atoms in total. The lowest BCUT2D eigenvalue weighted by molar-refractivity contribution is -0.0665. The predicted molar refractivity (Wildman–Crippen MR) is 73.4 cm³/mol. The van der Waals surface area contributed by atoms with Gasteiger partial charge in [-0.25, -0.2) is 0 Å². The molecule has 1 fully saturated rings. The fraction of sp³-hybridized carbons (Fsp3) is 0.571. The Labute approximate surface area is 113 Å². The number of benzene rings is 1. The van der Waals surface area contributed by atoms with Crippen molar-refractivity contribution >= 4 is 11.6 Å². The molecule has 0 spiro atoms. The van der Waals surface area contributed by atoms with Crippen LogP contribution in [0.15, 0.2) is 18.2 Å². The van der Waals surface area contributed by atoms with E-state index in [1.54, 1.807) is 0 Å². The van der Waals surface area contributed by atoms with Crippen molar-refractivity contribution in [1.82, 2.24) is 0 Å². The van der Waals surface area contributed by atoms with Crippen LogP contribution in [0.1, 0.15) is 25.8 Å². The van der Waals surface area contributed by atoms with Gasteiger partial charge in [0.05, 0.1) is 24.8 Å². The zero-order chi connectivity index (χ0) is 13.2. The van der Waals surface area contributed by atoms with E-state index < -0.39 is 0 Å². The molecule has 1 aromatic carbocycles. The van der Waals surface area contributed by atoms with Gasteiger partial charge in [-0.15, -0.1) is 0 Å². The highest BCUT2D eigenvalue weighted by Crippen LogP contribution is 2.39. The van der Waals surface area contributed by atoms with Crippen LogP contribution in [0.2, 0.25) is 5.02 Å². The van der Waals surface area contributed by atoms with Crippen LogP contribution in [-0.4, -0.2) is 25.9 Å². The van der Waals surface area contributed by atoms with E-state index in [4.69, 9.17) is 26.8 Å². The SMILES string of the molecule is CCOc1ccc(C2(CC(C)N)COC2)cc1Cl. The van der Waals surface area contributed by atoms with E-state index in [1.807, 2.05) is 26.0 Å². The molecule has 1 unspecified atom stereocenters. The molecule has 1 heterocycles. The molecule has 2 rings (SSSR count). The standard InChI is InChI=1S/C14H20ClNO2/c1-3-18-13-5-4-11(6-12(13)15)14(7-10(2)16)8-17-9-14/h4-6,10H,3,7-9,16H2,1-2H3. The quantitative estimate of drug-likeness (QED) is 0.894. The van der Waals surface area contributed by atoms with Crippen molar-refractivity contribution in [1.29, 1.82) is 0 Å². The third-order valence-electron chi connectivity index (χ3n) is 3.31. The summed E-state index contributed by atoms with van der Waals surface area (Å²) in [5, 5.41) is 0.658. The minimum absolute atomic E-state index is 0.0303. The minimum atomic E-state index is 0.0303. The molecule has 1 aliphatic rings. The maximum Gasteiger partial charge on any atom is 0.137 e. The fourth-order valence-corrected chi connectivity index (χ4v) is 2.71. The minimum Gasteiger partial charge on any atom is -0.492 e. The maximum absolute atomic E-state index is 6.23. The summed E-state index contributed by atoms with van der Waals surface area (Å²) >= 11 is 6.23. The van der Waals surface area contributed by atoms with E-state index in [0.717, 1.165) is 25.4 Å². The van der Waals surface area contributed by atoms with Gasteiger partial charge in [-0.2, -0.15) is 0 Å². The number of nitrogens with two attached hydrogens (primary N) is 1. The molecule has 1 aromatic rings. The normalized spacial score (nSPS) is 19.1. The van der Waals surface area contributed by atoms with Crippen LogP contribution in [0.4, 0.5) is 0 Å². The van der Waals surface area contributed by atoms with E-state index >= 15 is 0 Å². The van der Waals surface area contributed by atoms with E-state index in [2.05, 4.69) is 6.07 Å². The molecule has 100 valence electrons. The lowest BCUT2D eigenvalue weighted by atomic mass is 9.74. The third kappa shape index (κ3) is 2.63. The Morgan fingerprint density at radius 3 is 2.67 bits per heavy atom. The molecule has 0 aromatic heterocycles. The number of hydrogen-bond donors (Lipinski definition) is 1. The summed E-state index contributed by atoms with van der Waals surface area (Å²) < 4.78 is 10.8. The molecule has 0 aliphatic carbocycles. The van der Waals surface area contributed by atoms with Crippen LogP contribution >= 0.6 is 11.6 Å². The van der Waals surface area contributed by atoms with Crippen LogP contribution in [-0.2, 0) is 10.2 Å². The average Bonchev–Trinajstić information content (AvgIpc) is 2.26. The summed E-state index contributed by atoms with van der Waals surface area (Å²) in [4.78, 5) is 0. The number of ether oxygens (including phenoxy) is 2. The van der Waals surface area contributed by atoms with Gasteiger partial charge in [0.1, 0.15) is 5.75 Å². The second-order valence-electron chi connectivity index (χ2n) is 5.03. The van der Waals surface area contributed by atoms with Gasteiger partial charge < -0.3 is 15.2 Å². The summed E-state index contributed by atoms with van der Waals surface area (Å²) in [6.45, 7) is 6.03. The zero-order valence-corrected chi connectivity index (χ0v) is 11.7. The van der Waals surface area contributed by atoms with Gasteiger partial charge in [0.25, 0.3) is 0 Å². The number of rotatable bonds is 5. The molecule has 0 bridgehead atoms. The highest BCUT2D eigenvalue weighted by molar-refractivity contribution is 6.32. The summed E-state index contributed by atoms with van der Waals surface area (Å²) in [7, 11) is 0. The smallest absolute Gasteiger partial charge is 0.137 e. The topological polar surface area (TPSA) is 44.5 Å². The Kier molecular flexibility index (Phi) is 4.15. The van der Waals surface area contributed by atoms with Gasteiger partial charge in [-0.3, -0.25) is 0 Å². The van der Waals surface area contributed by atoms with E-state index in [1.165, 1.54) is 5.56 Å². The van der Waals surface area contributed by atoms with Gasteiger partial charge in [0.2, 0.25) is 0 Å². The van der Waals surface area contributed by atoms with Crippen LogP contribution in [0, 0.1) is 0 Å². The van der Waals surface area contributed by atoms with Gasteiger partial charge in [0.15, 0.2) is 0 Å². The van der Waals surface area contributed by atoms with Crippen molar-refractivity contribution in [3.63, 3.8) is 0 Å². The largest absolute Gasteiger partial charge is 0.492 e. The molecule has 4 heteroatoms. The first-order chi connectivity index (χ1) is 8.57. The van der Waals surface area contributed by atoms with Crippen molar-refractivity contribution in [2.45, 2.75) is 31.7 Å². The van der Waals surface area contributed by atoms with Crippen molar-refractivity contribution < 1.29 is 9.47 Å². The molecule has 0 radical (unpaired) electrons. The zero-order valence-electron chi connectivity index (χ0n) is 10.9. The molecular formula is C14H20ClNO2. The Bertz CT molecular complexity index is 416. The van der Waals surface area contributed by atoms with Crippen molar-refractivity contribution in [3.05, 3.63) is 28.8 Å². The molecule has 2 N–H and O–H groups in total. The first kappa shape index (κ1) is 13.7. The predicted octanol–water partition coefficient (Wildman–Crippen LogP) is 2.74. The number of halogens is 1. The molecule has 0 amide bonds. The summed E-state index contributed by atoms with van der Waals surface area (Å²) in [5.41, 5.74) is 7.15. The van der Waals surface area contributed by atoms with E-state index in [0.29, 0.717) is 11.6 Å². The van der Waals surface area contributed by atoms with Crippen molar-refractivity contribution in [3.8, 4) is 5.75 Å². The average molecular weight is 270 g/mol. The van der Waals surface area contributed by atoms with Crippen LogP contribution < -0.4 is 10.5 Å². The van der Waals surface area contributed by atoms with Crippen LogP contribution in [0.25, 0.3) is 0 Å². The Hall–Kier alpha value is -0.770. The van der Waals surface area contributed by atoms with Gasteiger partial charge >= 0.3 is 0 Å². The first-order valence-corrected chi connectivity index (χ1v) is 6.71. The summed E-state index contributed by atoms with van der Waals surface area (Å²) in [5.74, 6) is 0.735. The van der Waals surface area contributed by atoms with Crippen LogP contribution in [0.5, 0.6) is 5.75 Å². The second kappa shape index (κ2) is 5.47.